The Labute approximate surface area is 140 Å². The van der Waals surface area contributed by atoms with E-state index >= 15 is 0 Å². The zero-order chi connectivity index (χ0) is 17.7. The number of carbonyl (C=O) groups is 1. The molecule has 2 heterocycles. The molecule has 1 amide bonds. The summed E-state index contributed by atoms with van der Waals surface area (Å²) >= 11 is 0. The Balaban J connectivity index is 1.93. The average Bonchev–Trinajstić information content (AvgIpc) is 2.99. The van der Waals surface area contributed by atoms with Crippen molar-refractivity contribution in [3.05, 3.63) is 41.3 Å². The SMILES string of the molecule is Cc1nc(S(=O)(=O)NC(=O)c2cccc3c2OCC3(C)C)cn1C. The molecule has 1 aromatic carbocycles. The lowest BCUT2D eigenvalue weighted by Gasteiger charge is -2.15. The molecule has 0 fully saturated rings. The second kappa shape index (κ2) is 5.34. The lowest BCUT2D eigenvalue weighted by atomic mass is 9.86. The van der Waals surface area contributed by atoms with Gasteiger partial charge in [-0.3, -0.25) is 4.79 Å². The van der Waals surface area contributed by atoms with Crippen LogP contribution in [0.4, 0.5) is 0 Å². The topological polar surface area (TPSA) is 90.3 Å². The van der Waals surface area contributed by atoms with Gasteiger partial charge in [0, 0.05) is 24.2 Å². The molecule has 0 saturated carbocycles. The summed E-state index contributed by atoms with van der Waals surface area (Å²) in [6.45, 7) is 6.14. The molecule has 128 valence electrons. The number of para-hydroxylation sites is 1. The highest BCUT2D eigenvalue weighted by Crippen LogP contribution is 2.40. The number of benzene rings is 1. The van der Waals surface area contributed by atoms with Crippen LogP contribution in [0.25, 0.3) is 0 Å². The third kappa shape index (κ3) is 2.66. The Morgan fingerprint density at radius 1 is 1.38 bits per heavy atom. The van der Waals surface area contributed by atoms with Crippen LogP contribution in [0.1, 0.15) is 35.6 Å². The maximum Gasteiger partial charge on any atom is 0.283 e. The van der Waals surface area contributed by atoms with Crippen LogP contribution in [0, 0.1) is 6.92 Å². The number of sulfonamides is 1. The van der Waals surface area contributed by atoms with E-state index in [1.54, 1.807) is 30.7 Å². The molecule has 0 spiro atoms. The number of hydrogen-bond donors (Lipinski definition) is 1. The zero-order valence-electron chi connectivity index (χ0n) is 14.0. The summed E-state index contributed by atoms with van der Waals surface area (Å²) in [7, 11) is -2.36. The van der Waals surface area contributed by atoms with Gasteiger partial charge < -0.3 is 9.30 Å². The van der Waals surface area contributed by atoms with Crippen molar-refractivity contribution in [3.63, 3.8) is 0 Å². The Kier molecular flexibility index (Phi) is 3.67. The number of nitrogens with zero attached hydrogens (tertiary/aromatic N) is 2. The predicted molar refractivity (Wildman–Crippen MR) is 87.6 cm³/mol. The van der Waals surface area contributed by atoms with E-state index in [2.05, 4.69) is 9.71 Å². The molecule has 2 aromatic rings. The number of nitrogens with one attached hydrogen (secondary N) is 1. The van der Waals surface area contributed by atoms with Gasteiger partial charge in [-0.05, 0) is 13.0 Å². The highest BCUT2D eigenvalue weighted by Gasteiger charge is 2.35. The molecule has 24 heavy (non-hydrogen) atoms. The van der Waals surface area contributed by atoms with Crippen LogP contribution in [0.15, 0.2) is 29.4 Å². The number of aromatic nitrogens is 2. The van der Waals surface area contributed by atoms with Crippen molar-refractivity contribution < 1.29 is 17.9 Å². The van der Waals surface area contributed by atoms with E-state index in [1.165, 1.54) is 6.20 Å². The standard InChI is InChI=1S/C16H19N3O4S/c1-10-17-13(8-19(10)4)24(21,22)18-15(20)11-6-5-7-12-14(11)23-9-16(12,2)3/h5-8H,9H2,1-4H3,(H,18,20). The molecular formula is C16H19N3O4S. The Morgan fingerprint density at radius 2 is 2.08 bits per heavy atom. The van der Waals surface area contributed by atoms with Gasteiger partial charge >= 0.3 is 0 Å². The number of ether oxygens (including phenoxy) is 1. The molecule has 0 radical (unpaired) electrons. The van der Waals surface area contributed by atoms with Crippen LogP contribution < -0.4 is 9.46 Å². The predicted octanol–water partition coefficient (Wildman–Crippen LogP) is 1.52. The molecule has 0 saturated heterocycles. The summed E-state index contributed by atoms with van der Waals surface area (Å²) in [4.78, 5) is 16.4. The number of fused-ring (bicyclic) bond motifs is 1. The molecule has 0 atom stereocenters. The summed E-state index contributed by atoms with van der Waals surface area (Å²) in [5.74, 6) is 0.244. The van der Waals surface area contributed by atoms with Gasteiger partial charge in [0.1, 0.15) is 11.6 Å². The van der Waals surface area contributed by atoms with Crippen LogP contribution in [0.5, 0.6) is 5.75 Å². The van der Waals surface area contributed by atoms with E-state index in [-0.39, 0.29) is 16.0 Å². The van der Waals surface area contributed by atoms with E-state index in [4.69, 9.17) is 4.74 Å². The van der Waals surface area contributed by atoms with Gasteiger partial charge in [0.05, 0.1) is 12.2 Å². The quantitative estimate of drug-likeness (QED) is 0.907. The minimum Gasteiger partial charge on any atom is -0.492 e. The fraction of sp³-hybridized carbons (Fsp3) is 0.375. The lowest BCUT2D eigenvalue weighted by Crippen LogP contribution is -2.31. The fourth-order valence-corrected chi connectivity index (χ4v) is 3.63. The van der Waals surface area contributed by atoms with Crippen LogP contribution in [-0.2, 0) is 22.5 Å². The number of imidazole rings is 1. The zero-order valence-corrected chi connectivity index (χ0v) is 14.8. The Bertz CT molecular complexity index is 909. The van der Waals surface area contributed by atoms with Gasteiger partial charge in [0.15, 0.2) is 5.03 Å². The number of aryl methyl sites for hydroxylation is 2. The van der Waals surface area contributed by atoms with E-state index in [1.807, 2.05) is 19.9 Å². The summed E-state index contributed by atoms with van der Waals surface area (Å²) in [6, 6.07) is 5.16. The molecule has 7 nitrogen and oxygen atoms in total. The van der Waals surface area contributed by atoms with Gasteiger partial charge in [-0.1, -0.05) is 26.0 Å². The van der Waals surface area contributed by atoms with E-state index in [9.17, 15) is 13.2 Å². The van der Waals surface area contributed by atoms with E-state index in [0.29, 0.717) is 18.2 Å². The molecule has 0 unspecified atom stereocenters. The maximum atomic E-state index is 12.5. The molecule has 1 aliphatic heterocycles. The summed E-state index contributed by atoms with van der Waals surface area (Å²) in [5.41, 5.74) is 0.873. The van der Waals surface area contributed by atoms with Crippen LogP contribution in [0.2, 0.25) is 0 Å². The largest absolute Gasteiger partial charge is 0.492 e. The smallest absolute Gasteiger partial charge is 0.283 e. The minimum absolute atomic E-state index is 0.190. The van der Waals surface area contributed by atoms with Crippen molar-refractivity contribution in [3.8, 4) is 5.75 Å². The van der Waals surface area contributed by atoms with Crippen molar-refractivity contribution in [2.45, 2.75) is 31.2 Å². The molecule has 3 rings (SSSR count). The average molecular weight is 349 g/mol. The van der Waals surface area contributed by atoms with Crippen LogP contribution in [-0.4, -0.2) is 30.5 Å². The Morgan fingerprint density at radius 3 is 2.71 bits per heavy atom. The number of rotatable bonds is 3. The molecule has 1 aliphatic rings. The van der Waals surface area contributed by atoms with Crippen molar-refractivity contribution in [1.29, 1.82) is 0 Å². The summed E-state index contributed by atoms with van der Waals surface area (Å²) < 4.78 is 34.0. The molecule has 0 bridgehead atoms. The molecule has 0 aliphatic carbocycles. The van der Waals surface area contributed by atoms with Crippen LogP contribution >= 0.6 is 0 Å². The van der Waals surface area contributed by atoms with Crippen LogP contribution in [0.3, 0.4) is 0 Å². The normalized spacial score (nSPS) is 15.7. The number of hydrogen-bond acceptors (Lipinski definition) is 5. The van der Waals surface area contributed by atoms with Gasteiger partial charge in [-0.2, -0.15) is 8.42 Å². The summed E-state index contributed by atoms with van der Waals surface area (Å²) in [5, 5.41) is -0.190. The summed E-state index contributed by atoms with van der Waals surface area (Å²) in [6.07, 6.45) is 1.36. The third-order valence-corrected chi connectivity index (χ3v) is 5.36. The second-order valence-electron chi connectivity index (χ2n) is 6.53. The first-order valence-electron chi connectivity index (χ1n) is 7.45. The number of carbonyl (C=O) groups excluding carboxylic acids is 1. The van der Waals surface area contributed by atoms with Gasteiger partial charge in [0.2, 0.25) is 0 Å². The van der Waals surface area contributed by atoms with Gasteiger partial charge in [-0.15, -0.1) is 0 Å². The molecular weight excluding hydrogens is 330 g/mol. The molecule has 8 heteroatoms. The fourth-order valence-electron chi connectivity index (χ4n) is 2.62. The molecule has 1 N–H and O–H groups in total. The van der Waals surface area contributed by atoms with Gasteiger partial charge in [0.25, 0.3) is 15.9 Å². The van der Waals surface area contributed by atoms with E-state index in [0.717, 1.165) is 5.56 Å². The van der Waals surface area contributed by atoms with Crippen molar-refractivity contribution in [2.75, 3.05) is 6.61 Å². The van der Waals surface area contributed by atoms with Crippen molar-refractivity contribution in [2.24, 2.45) is 7.05 Å². The Hall–Kier alpha value is -2.35. The first-order valence-corrected chi connectivity index (χ1v) is 8.93. The first kappa shape index (κ1) is 16.5. The monoisotopic (exact) mass is 349 g/mol. The molecule has 1 aromatic heterocycles. The van der Waals surface area contributed by atoms with Crippen molar-refractivity contribution in [1.82, 2.24) is 14.3 Å². The highest BCUT2D eigenvalue weighted by molar-refractivity contribution is 7.90. The van der Waals surface area contributed by atoms with E-state index < -0.39 is 15.9 Å². The second-order valence-corrected chi connectivity index (χ2v) is 8.16. The minimum atomic E-state index is -4.04. The first-order chi connectivity index (χ1) is 11.1. The third-order valence-electron chi connectivity index (χ3n) is 4.16. The number of amides is 1. The van der Waals surface area contributed by atoms with Crippen molar-refractivity contribution >= 4 is 15.9 Å². The van der Waals surface area contributed by atoms with Gasteiger partial charge in [-0.25, -0.2) is 9.71 Å². The highest BCUT2D eigenvalue weighted by atomic mass is 32.2. The maximum absolute atomic E-state index is 12.5. The lowest BCUT2D eigenvalue weighted by molar-refractivity contribution is 0.0978.